The molecule has 0 bridgehead atoms. The standard InChI is InChI=1S/C21H23N3O4S2/c1-14(2)11-18-20(25)24(30(26,27)23(18)3)13-29-21-22-17-12-16(9-10-19(17)28-21)15-7-5-4-6-8-15/h4-10,12,14,18H,11,13H2,1-3H3. The van der Waals surface area contributed by atoms with Gasteiger partial charge in [0.1, 0.15) is 11.6 Å². The third kappa shape index (κ3) is 3.84. The van der Waals surface area contributed by atoms with Crippen molar-refractivity contribution in [3.63, 3.8) is 0 Å². The molecule has 1 aliphatic heterocycles. The predicted octanol–water partition coefficient (Wildman–Crippen LogP) is 3.98. The highest BCUT2D eigenvalue weighted by Gasteiger charge is 2.48. The molecule has 1 fully saturated rings. The minimum Gasteiger partial charge on any atom is -0.431 e. The number of carbonyl (C=O) groups excluding carboxylic acids is 1. The van der Waals surface area contributed by atoms with Gasteiger partial charge in [0.05, 0.1) is 5.88 Å². The molecular weight excluding hydrogens is 422 g/mol. The molecule has 3 aromatic rings. The van der Waals surface area contributed by atoms with Crippen molar-refractivity contribution in [2.24, 2.45) is 5.92 Å². The second kappa shape index (κ2) is 8.05. The molecule has 0 N–H and O–H groups in total. The zero-order valence-corrected chi connectivity index (χ0v) is 18.6. The van der Waals surface area contributed by atoms with E-state index in [1.807, 2.05) is 62.4 Å². The Hall–Kier alpha value is -2.36. The van der Waals surface area contributed by atoms with Crippen molar-refractivity contribution in [2.75, 3.05) is 12.9 Å². The first-order valence-corrected chi connectivity index (χ1v) is 12.0. The molecule has 0 spiro atoms. The average Bonchev–Trinajstić information content (AvgIpc) is 3.19. The van der Waals surface area contributed by atoms with Crippen LogP contribution in [0.2, 0.25) is 0 Å². The zero-order valence-electron chi connectivity index (χ0n) is 17.0. The number of fused-ring (bicyclic) bond motifs is 1. The first kappa shape index (κ1) is 20.9. The van der Waals surface area contributed by atoms with E-state index in [-0.39, 0.29) is 11.8 Å². The fraction of sp³-hybridized carbons (Fsp3) is 0.333. The molecule has 1 unspecified atom stereocenters. The number of hydrogen-bond donors (Lipinski definition) is 0. The maximum absolute atomic E-state index is 12.7. The molecule has 0 saturated carbocycles. The Labute approximate surface area is 180 Å². The van der Waals surface area contributed by atoms with Crippen LogP contribution >= 0.6 is 11.8 Å². The summed E-state index contributed by atoms with van der Waals surface area (Å²) >= 11 is 1.10. The van der Waals surface area contributed by atoms with E-state index in [1.165, 1.54) is 7.05 Å². The Balaban J connectivity index is 1.53. The van der Waals surface area contributed by atoms with E-state index in [9.17, 15) is 13.2 Å². The zero-order chi connectivity index (χ0) is 21.5. The van der Waals surface area contributed by atoms with Crippen molar-refractivity contribution in [2.45, 2.75) is 31.5 Å². The second-order valence-electron chi connectivity index (χ2n) is 7.66. The van der Waals surface area contributed by atoms with E-state index in [1.54, 1.807) is 0 Å². The third-order valence-corrected chi connectivity index (χ3v) is 7.91. The van der Waals surface area contributed by atoms with Gasteiger partial charge in [0, 0.05) is 7.05 Å². The molecule has 1 aromatic heterocycles. The minimum absolute atomic E-state index is 0.0710. The van der Waals surface area contributed by atoms with Gasteiger partial charge in [0.15, 0.2) is 5.58 Å². The summed E-state index contributed by atoms with van der Waals surface area (Å²) in [6.07, 6.45) is 0.487. The summed E-state index contributed by atoms with van der Waals surface area (Å²) in [5, 5.41) is 0.327. The largest absolute Gasteiger partial charge is 0.431 e. The summed E-state index contributed by atoms with van der Waals surface area (Å²) in [4.78, 5) is 17.2. The highest BCUT2D eigenvalue weighted by atomic mass is 32.2. The van der Waals surface area contributed by atoms with E-state index in [2.05, 4.69) is 4.98 Å². The number of carbonyl (C=O) groups is 1. The molecule has 1 aliphatic rings. The molecule has 0 radical (unpaired) electrons. The molecule has 4 rings (SSSR count). The van der Waals surface area contributed by atoms with Crippen LogP contribution in [0.3, 0.4) is 0 Å². The van der Waals surface area contributed by atoms with Crippen molar-refractivity contribution in [1.82, 2.24) is 13.6 Å². The average molecular weight is 446 g/mol. The van der Waals surface area contributed by atoms with Crippen LogP contribution in [0, 0.1) is 5.92 Å². The van der Waals surface area contributed by atoms with Gasteiger partial charge in [-0.1, -0.05) is 50.2 Å². The van der Waals surface area contributed by atoms with Gasteiger partial charge >= 0.3 is 10.2 Å². The summed E-state index contributed by atoms with van der Waals surface area (Å²) in [7, 11) is -2.37. The predicted molar refractivity (Wildman–Crippen MR) is 117 cm³/mol. The van der Waals surface area contributed by atoms with E-state index < -0.39 is 22.2 Å². The molecule has 0 aliphatic carbocycles. The Morgan fingerprint density at radius 3 is 2.57 bits per heavy atom. The van der Waals surface area contributed by atoms with Crippen LogP contribution in [-0.2, 0) is 15.0 Å². The molecule has 2 aromatic carbocycles. The second-order valence-corrected chi connectivity index (χ2v) is 10.5. The summed E-state index contributed by atoms with van der Waals surface area (Å²) in [6.45, 7) is 3.93. The van der Waals surface area contributed by atoms with Crippen LogP contribution in [0.25, 0.3) is 22.2 Å². The Bertz CT molecular complexity index is 1180. The quantitative estimate of drug-likeness (QED) is 0.534. The number of amides is 1. The van der Waals surface area contributed by atoms with Gasteiger partial charge in [-0.25, -0.2) is 9.29 Å². The summed E-state index contributed by atoms with van der Waals surface area (Å²) in [5.41, 5.74) is 3.39. The molecule has 1 saturated heterocycles. The van der Waals surface area contributed by atoms with E-state index in [0.717, 1.165) is 31.5 Å². The summed E-state index contributed by atoms with van der Waals surface area (Å²) in [5.74, 6) is -0.264. The van der Waals surface area contributed by atoms with Gasteiger partial charge < -0.3 is 4.42 Å². The topological polar surface area (TPSA) is 83.7 Å². The van der Waals surface area contributed by atoms with Crippen LogP contribution in [0.1, 0.15) is 20.3 Å². The van der Waals surface area contributed by atoms with Crippen molar-refractivity contribution < 1.29 is 17.6 Å². The number of hydrogen-bond acceptors (Lipinski definition) is 6. The highest BCUT2D eigenvalue weighted by molar-refractivity contribution is 7.99. The number of likely N-dealkylation sites (N-methyl/N-ethyl adjacent to an activating group) is 1. The van der Waals surface area contributed by atoms with E-state index in [0.29, 0.717) is 22.7 Å². The number of thioether (sulfide) groups is 1. The minimum atomic E-state index is -3.83. The fourth-order valence-electron chi connectivity index (χ4n) is 3.47. The number of rotatable bonds is 6. The van der Waals surface area contributed by atoms with Crippen molar-refractivity contribution in [3.05, 3.63) is 48.5 Å². The molecule has 158 valence electrons. The molecule has 9 heteroatoms. The van der Waals surface area contributed by atoms with E-state index >= 15 is 0 Å². The number of nitrogens with zero attached hydrogens (tertiary/aromatic N) is 3. The third-order valence-electron chi connectivity index (χ3n) is 5.09. The SMILES string of the molecule is CC(C)CC1C(=O)N(CSc2nc3cc(-c4ccccc4)ccc3o2)S(=O)(=O)N1C. The summed E-state index contributed by atoms with van der Waals surface area (Å²) < 4.78 is 33.1. The molecule has 1 atom stereocenters. The number of benzene rings is 2. The Kier molecular flexibility index (Phi) is 5.61. The van der Waals surface area contributed by atoms with Gasteiger partial charge in [0.2, 0.25) is 0 Å². The Morgan fingerprint density at radius 2 is 1.87 bits per heavy atom. The lowest BCUT2D eigenvalue weighted by molar-refractivity contribution is -0.127. The van der Waals surface area contributed by atoms with Crippen molar-refractivity contribution in [1.29, 1.82) is 0 Å². The Morgan fingerprint density at radius 1 is 1.13 bits per heavy atom. The van der Waals surface area contributed by atoms with Gasteiger partial charge in [-0.15, -0.1) is 0 Å². The first-order valence-electron chi connectivity index (χ1n) is 9.65. The lowest BCUT2D eigenvalue weighted by Crippen LogP contribution is -2.32. The fourth-order valence-corrected chi connectivity index (χ4v) is 5.99. The lowest BCUT2D eigenvalue weighted by Gasteiger charge is -2.16. The van der Waals surface area contributed by atoms with Gasteiger partial charge in [0.25, 0.3) is 11.1 Å². The monoisotopic (exact) mass is 445 g/mol. The highest BCUT2D eigenvalue weighted by Crippen LogP contribution is 2.32. The normalized spacial score (nSPS) is 19.3. The smallest absolute Gasteiger partial charge is 0.307 e. The van der Waals surface area contributed by atoms with Crippen LogP contribution in [0.4, 0.5) is 0 Å². The molecular formula is C21H23N3O4S2. The molecule has 30 heavy (non-hydrogen) atoms. The lowest BCUT2D eigenvalue weighted by atomic mass is 10.0. The number of oxazole rings is 1. The van der Waals surface area contributed by atoms with Crippen molar-refractivity contribution >= 4 is 39.0 Å². The maximum atomic E-state index is 12.7. The number of aromatic nitrogens is 1. The van der Waals surface area contributed by atoms with Gasteiger partial charge in [-0.3, -0.25) is 4.79 Å². The molecule has 2 heterocycles. The van der Waals surface area contributed by atoms with Crippen LogP contribution < -0.4 is 0 Å². The van der Waals surface area contributed by atoms with Gasteiger partial charge in [-0.05, 0) is 47.4 Å². The molecule has 7 nitrogen and oxygen atoms in total. The van der Waals surface area contributed by atoms with Crippen molar-refractivity contribution in [3.8, 4) is 11.1 Å². The summed E-state index contributed by atoms with van der Waals surface area (Å²) in [6, 6.07) is 15.0. The van der Waals surface area contributed by atoms with Crippen LogP contribution in [0.15, 0.2) is 58.2 Å². The van der Waals surface area contributed by atoms with Crippen LogP contribution in [-0.4, -0.2) is 46.9 Å². The molecule has 1 amide bonds. The van der Waals surface area contributed by atoms with Gasteiger partial charge in [-0.2, -0.15) is 12.7 Å². The van der Waals surface area contributed by atoms with E-state index in [4.69, 9.17) is 4.42 Å². The van der Waals surface area contributed by atoms with Crippen LogP contribution in [0.5, 0.6) is 0 Å². The maximum Gasteiger partial charge on any atom is 0.307 e. The first-order chi connectivity index (χ1) is 14.3.